The molecule has 0 amide bonds. The van der Waals surface area contributed by atoms with Crippen LogP contribution in [0.3, 0.4) is 0 Å². The molecular weight excluding hydrogens is 290 g/mol. The predicted octanol–water partition coefficient (Wildman–Crippen LogP) is 4.10. The average Bonchev–Trinajstić information content (AvgIpc) is 2.87. The first-order valence-electron chi connectivity index (χ1n) is 6.22. The van der Waals surface area contributed by atoms with Crippen molar-refractivity contribution in [1.82, 2.24) is 9.78 Å². The van der Waals surface area contributed by atoms with E-state index in [9.17, 15) is 10.1 Å². The van der Waals surface area contributed by atoms with E-state index in [0.717, 1.165) is 0 Å². The van der Waals surface area contributed by atoms with Crippen molar-refractivity contribution in [1.29, 1.82) is 0 Å². The van der Waals surface area contributed by atoms with Crippen LogP contribution in [0.1, 0.15) is 0 Å². The number of hydrogen-bond donors (Lipinski definition) is 0. The Kier molecular flexibility index (Phi) is 3.41. The minimum absolute atomic E-state index is 0.00921. The third kappa shape index (κ3) is 2.39. The Bertz CT molecular complexity index is 785. The lowest BCUT2D eigenvalue weighted by Crippen LogP contribution is -1.96. The first-order chi connectivity index (χ1) is 10.2. The van der Waals surface area contributed by atoms with Gasteiger partial charge in [0.1, 0.15) is 0 Å². The number of hydrogen-bond acceptors (Lipinski definition) is 3. The normalized spacial score (nSPS) is 10.5. The summed E-state index contributed by atoms with van der Waals surface area (Å²) in [5, 5.41) is 15.6. The Balaban J connectivity index is 2.24. The summed E-state index contributed by atoms with van der Waals surface area (Å²) in [6, 6.07) is 18.0. The molecule has 0 saturated carbocycles. The Morgan fingerprint density at radius 3 is 2.14 bits per heavy atom. The largest absolute Gasteiger partial charge is 0.334 e. The number of halogens is 1. The second-order valence-corrected chi connectivity index (χ2v) is 4.72. The van der Waals surface area contributed by atoms with E-state index < -0.39 is 4.92 Å². The van der Waals surface area contributed by atoms with Gasteiger partial charge in [-0.15, -0.1) is 0 Å². The molecule has 104 valence electrons. The molecule has 0 bridgehead atoms. The highest BCUT2D eigenvalue weighted by molar-refractivity contribution is 6.32. The number of rotatable bonds is 3. The zero-order valence-electron chi connectivity index (χ0n) is 10.8. The van der Waals surface area contributed by atoms with E-state index in [1.54, 1.807) is 36.4 Å². The second kappa shape index (κ2) is 5.38. The van der Waals surface area contributed by atoms with E-state index in [0.29, 0.717) is 11.3 Å². The second-order valence-electron chi connectivity index (χ2n) is 4.36. The molecular formula is C15H10ClN3O2. The van der Waals surface area contributed by atoms with E-state index in [4.69, 9.17) is 11.6 Å². The van der Waals surface area contributed by atoms with E-state index >= 15 is 0 Å². The molecule has 0 atom stereocenters. The topological polar surface area (TPSA) is 61.0 Å². The molecule has 0 N–H and O–H groups in total. The summed E-state index contributed by atoms with van der Waals surface area (Å²) in [4.78, 5) is 10.8. The van der Waals surface area contributed by atoms with Gasteiger partial charge in [0.25, 0.3) is 0 Å². The summed E-state index contributed by atoms with van der Waals surface area (Å²) in [6.45, 7) is 0. The van der Waals surface area contributed by atoms with Gasteiger partial charge in [-0.1, -0.05) is 60.1 Å². The SMILES string of the molecule is O=[N+]([O-])c1c(-c2ccccc2)nn(-c2ccccc2)c1Cl. The molecule has 0 unspecified atom stereocenters. The molecule has 0 spiro atoms. The zero-order chi connectivity index (χ0) is 14.8. The summed E-state index contributed by atoms with van der Waals surface area (Å²) < 4.78 is 1.38. The lowest BCUT2D eigenvalue weighted by atomic mass is 10.1. The van der Waals surface area contributed by atoms with Gasteiger partial charge < -0.3 is 0 Å². The molecule has 1 heterocycles. The Labute approximate surface area is 125 Å². The van der Waals surface area contributed by atoms with Crippen LogP contribution in [-0.4, -0.2) is 14.7 Å². The van der Waals surface area contributed by atoms with Gasteiger partial charge in [-0.25, -0.2) is 4.68 Å². The fourth-order valence-corrected chi connectivity index (χ4v) is 2.38. The molecule has 3 rings (SSSR count). The summed E-state index contributed by atoms with van der Waals surface area (Å²) >= 11 is 6.17. The first-order valence-corrected chi connectivity index (χ1v) is 6.60. The van der Waals surface area contributed by atoms with Gasteiger partial charge in [-0.3, -0.25) is 10.1 Å². The van der Waals surface area contributed by atoms with Crippen molar-refractivity contribution >= 4 is 17.3 Å². The highest BCUT2D eigenvalue weighted by Crippen LogP contribution is 2.36. The van der Waals surface area contributed by atoms with Crippen LogP contribution in [0.4, 0.5) is 5.69 Å². The smallest absolute Gasteiger partial charge is 0.258 e. The average molecular weight is 300 g/mol. The number of aromatic nitrogens is 2. The minimum Gasteiger partial charge on any atom is -0.258 e. The molecule has 0 aliphatic rings. The van der Waals surface area contributed by atoms with Crippen LogP contribution in [0.25, 0.3) is 16.9 Å². The van der Waals surface area contributed by atoms with Crippen molar-refractivity contribution in [2.45, 2.75) is 0 Å². The summed E-state index contributed by atoms with van der Waals surface area (Å²) in [7, 11) is 0. The maximum absolute atomic E-state index is 11.3. The maximum atomic E-state index is 11.3. The standard InChI is InChI=1S/C15H10ClN3O2/c16-15-14(19(20)21)13(11-7-3-1-4-8-11)17-18(15)12-9-5-2-6-10-12/h1-10H. The Hall–Kier alpha value is -2.66. The van der Waals surface area contributed by atoms with E-state index in [1.807, 2.05) is 24.3 Å². The van der Waals surface area contributed by atoms with Gasteiger partial charge in [0.2, 0.25) is 5.15 Å². The van der Waals surface area contributed by atoms with Crippen LogP contribution in [0.5, 0.6) is 0 Å². The maximum Gasteiger partial charge on any atom is 0.334 e. The molecule has 6 heteroatoms. The molecule has 0 aliphatic carbocycles. The fraction of sp³-hybridized carbons (Fsp3) is 0. The zero-order valence-corrected chi connectivity index (χ0v) is 11.6. The number of benzene rings is 2. The highest BCUT2D eigenvalue weighted by atomic mass is 35.5. The number of para-hydroxylation sites is 1. The van der Waals surface area contributed by atoms with Crippen molar-refractivity contribution in [2.24, 2.45) is 0 Å². The highest BCUT2D eigenvalue weighted by Gasteiger charge is 2.28. The van der Waals surface area contributed by atoms with E-state index in [1.165, 1.54) is 4.68 Å². The third-order valence-electron chi connectivity index (χ3n) is 3.04. The number of nitro groups is 1. The van der Waals surface area contributed by atoms with Gasteiger partial charge in [0.05, 0.1) is 10.6 Å². The first kappa shape index (κ1) is 13.3. The van der Waals surface area contributed by atoms with Gasteiger partial charge in [-0.2, -0.15) is 5.10 Å². The quantitative estimate of drug-likeness (QED) is 0.540. The van der Waals surface area contributed by atoms with Crippen LogP contribution >= 0.6 is 11.6 Å². The van der Waals surface area contributed by atoms with Crippen molar-refractivity contribution in [3.63, 3.8) is 0 Å². The van der Waals surface area contributed by atoms with Crippen LogP contribution in [0, 0.1) is 10.1 Å². The summed E-state index contributed by atoms with van der Waals surface area (Å²) in [5.74, 6) is 0. The van der Waals surface area contributed by atoms with Gasteiger partial charge in [-0.05, 0) is 12.1 Å². The molecule has 5 nitrogen and oxygen atoms in total. The van der Waals surface area contributed by atoms with Crippen LogP contribution in [0.15, 0.2) is 60.7 Å². The Morgan fingerprint density at radius 2 is 1.57 bits per heavy atom. The van der Waals surface area contributed by atoms with E-state index in [2.05, 4.69) is 5.10 Å². The minimum atomic E-state index is -0.503. The molecule has 21 heavy (non-hydrogen) atoms. The molecule has 0 aliphatic heterocycles. The molecule has 0 saturated heterocycles. The number of nitrogens with zero attached hydrogens (tertiary/aromatic N) is 3. The lowest BCUT2D eigenvalue weighted by Gasteiger charge is -2.00. The molecule has 1 aromatic heterocycles. The van der Waals surface area contributed by atoms with Gasteiger partial charge >= 0.3 is 5.69 Å². The molecule has 2 aromatic carbocycles. The van der Waals surface area contributed by atoms with Crippen molar-refractivity contribution in [2.75, 3.05) is 0 Å². The van der Waals surface area contributed by atoms with Crippen LogP contribution in [-0.2, 0) is 0 Å². The van der Waals surface area contributed by atoms with Gasteiger partial charge in [0.15, 0.2) is 5.69 Å². The van der Waals surface area contributed by atoms with Crippen molar-refractivity contribution in [3.05, 3.63) is 75.9 Å². The molecule has 0 fully saturated rings. The van der Waals surface area contributed by atoms with Crippen molar-refractivity contribution in [3.8, 4) is 16.9 Å². The van der Waals surface area contributed by atoms with E-state index in [-0.39, 0.29) is 16.5 Å². The molecule has 3 aromatic rings. The monoisotopic (exact) mass is 299 g/mol. The predicted molar refractivity (Wildman–Crippen MR) is 80.7 cm³/mol. The summed E-state index contributed by atoms with van der Waals surface area (Å²) in [6.07, 6.45) is 0. The van der Waals surface area contributed by atoms with Gasteiger partial charge in [0, 0.05) is 5.56 Å². The fourth-order valence-electron chi connectivity index (χ4n) is 2.08. The molecule has 0 radical (unpaired) electrons. The third-order valence-corrected chi connectivity index (χ3v) is 3.38. The Morgan fingerprint density at radius 1 is 1.00 bits per heavy atom. The lowest BCUT2D eigenvalue weighted by molar-refractivity contribution is -0.384. The van der Waals surface area contributed by atoms with Crippen molar-refractivity contribution < 1.29 is 4.92 Å². The summed E-state index contributed by atoms with van der Waals surface area (Å²) in [5.41, 5.74) is 1.40. The van der Waals surface area contributed by atoms with Crippen LogP contribution in [0.2, 0.25) is 5.15 Å². The van der Waals surface area contributed by atoms with Crippen LogP contribution < -0.4 is 0 Å².